The predicted octanol–water partition coefficient (Wildman–Crippen LogP) is 3.25. The molecular weight excluding hydrogens is 314 g/mol. The number of urea groups is 1. The van der Waals surface area contributed by atoms with Crippen LogP contribution in [0.5, 0.6) is 0 Å². The zero-order valence-corrected chi connectivity index (χ0v) is 15.0. The number of carbonyl (C=O) groups is 1. The number of carbonyl (C=O) groups excluding carboxylic acids is 1. The molecule has 2 atom stereocenters. The first kappa shape index (κ1) is 15.3. The van der Waals surface area contributed by atoms with Crippen LogP contribution in [0.4, 0.5) is 4.79 Å². The Bertz CT molecular complexity index is 845. The first-order chi connectivity index (χ1) is 12.1. The van der Waals surface area contributed by atoms with Crippen molar-refractivity contribution in [3.05, 3.63) is 35.6 Å². The Kier molecular flexibility index (Phi) is 3.20. The van der Waals surface area contributed by atoms with E-state index in [2.05, 4.69) is 23.1 Å². The van der Waals surface area contributed by atoms with Crippen molar-refractivity contribution in [1.82, 2.24) is 14.7 Å². The van der Waals surface area contributed by atoms with Crippen LogP contribution in [0.15, 0.2) is 28.7 Å². The average molecular weight is 339 g/mol. The second-order valence-corrected chi connectivity index (χ2v) is 7.93. The second kappa shape index (κ2) is 5.24. The van der Waals surface area contributed by atoms with E-state index in [9.17, 15) is 4.79 Å². The summed E-state index contributed by atoms with van der Waals surface area (Å²) in [5.74, 6) is 1.14. The third-order valence-electron chi connectivity index (χ3n) is 6.80. The molecule has 3 aliphatic rings. The van der Waals surface area contributed by atoms with E-state index in [0.717, 1.165) is 56.7 Å². The van der Waals surface area contributed by atoms with E-state index in [1.807, 2.05) is 30.0 Å². The van der Waals surface area contributed by atoms with Crippen LogP contribution in [0, 0.1) is 0 Å². The number of hydrogen-bond acceptors (Lipinski definition) is 3. The van der Waals surface area contributed by atoms with E-state index in [1.165, 1.54) is 10.9 Å². The smallest absolute Gasteiger partial charge is 0.319 e. The molecule has 1 aromatic carbocycles. The standard InChI is InChI=1S/C20H25N3O2/c1-21-11-8-20(22(2)19(21)24)9-12-23-10-7-15-14-5-3-4-6-17(14)25-18(15)16(23)13-20/h3-6,16H,7-13H2,1-2H3/t16-,20-/m1/s1. The Labute approximate surface area is 148 Å². The third-order valence-corrected chi connectivity index (χ3v) is 6.80. The van der Waals surface area contributed by atoms with Crippen molar-refractivity contribution in [2.24, 2.45) is 0 Å². The van der Waals surface area contributed by atoms with E-state index in [1.54, 1.807) is 0 Å². The average Bonchev–Trinajstić information content (AvgIpc) is 3.03. The number of rotatable bonds is 0. The highest BCUT2D eigenvalue weighted by Crippen LogP contribution is 2.47. The molecule has 3 aliphatic heterocycles. The molecule has 4 heterocycles. The van der Waals surface area contributed by atoms with Gasteiger partial charge >= 0.3 is 6.03 Å². The van der Waals surface area contributed by atoms with E-state index >= 15 is 0 Å². The predicted molar refractivity (Wildman–Crippen MR) is 96.6 cm³/mol. The molecule has 0 aliphatic carbocycles. The van der Waals surface area contributed by atoms with Crippen molar-refractivity contribution in [2.45, 2.75) is 37.3 Å². The van der Waals surface area contributed by atoms with Gasteiger partial charge in [0.25, 0.3) is 0 Å². The van der Waals surface area contributed by atoms with Gasteiger partial charge in [-0.25, -0.2) is 4.79 Å². The van der Waals surface area contributed by atoms with Crippen molar-refractivity contribution >= 4 is 17.0 Å². The number of benzene rings is 1. The zero-order chi connectivity index (χ0) is 17.2. The summed E-state index contributed by atoms with van der Waals surface area (Å²) in [5, 5.41) is 1.27. The molecule has 25 heavy (non-hydrogen) atoms. The van der Waals surface area contributed by atoms with Gasteiger partial charge in [0.1, 0.15) is 11.3 Å². The normalized spacial score (nSPS) is 30.0. The van der Waals surface area contributed by atoms with Crippen molar-refractivity contribution < 1.29 is 9.21 Å². The van der Waals surface area contributed by atoms with Crippen LogP contribution in [-0.2, 0) is 6.42 Å². The Morgan fingerprint density at radius 2 is 1.92 bits per heavy atom. The van der Waals surface area contributed by atoms with E-state index < -0.39 is 0 Å². The largest absolute Gasteiger partial charge is 0.459 e. The molecule has 5 heteroatoms. The summed E-state index contributed by atoms with van der Waals surface area (Å²) in [6.07, 6.45) is 4.16. The van der Waals surface area contributed by atoms with Crippen LogP contribution in [-0.4, -0.2) is 60.0 Å². The first-order valence-corrected chi connectivity index (χ1v) is 9.32. The fourth-order valence-corrected chi connectivity index (χ4v) is 5.15. The number of amides is 2. The number of hydrogen-bond donors (Lipinski definition) is 0. The van der Waals surface area contributed by atoms with Crippen molar-refractivity contribution in [2.75, 3.05) is 33.7 Å². The van der Waals surface area contributed by atoms with Crippen molar-refractivity contribution in [3.63, 3.8) is 0 Å². The molecule has 1 aromatic heterocycles. The monoisotopic (exact) mass is 339 g/mol. The Balaban J connectivity index is 1.55. The van der Waals surface area contributed by atoms with Gasteiger partial charge in [-0.3, -0.25) is 4.90 Å². The topological polar surface area (TPSA) is 39.9 Å². The van der Waals surface area contributed by atoms with E-state index in [0.29, 0.717) is 6.04 Å². The summed E-state index contributed by atoms with van der Waals surface area (Å²) in [4.78, 5) is 19.0. The molecule has 0 bridgehead atoms. The SMILES string of the molecule is CN1CC[C@]2(CCN3CCc4c(oc5ccccc45)[C@H]3C2)N(C)C1=O. The molecular formula is C20H25N3O2. The van der Waals surface area contributed by atoms with Crippen molar-refractivity contribution in [1.29, 1.82) is 0 Å². The number of fused-ring (bicyclic) bond motifs is 5. The lowest BCUT2D eigenvalue weighted by Gasteiger charge is -2.54. The maximum Gasteiger partial charge on any atom is 0.319 e. The summed E-state index contributed by atoms with van der Waals surface area (Å²) in [6.45, 7) is 2.99. The van der Waals surface area contributed by atoms with Gasteiger partial charge in [-0.2, -0.15) is 0 Å². The highest BCUT2D eigenvalue weighted by atomic mass is 16.3. The molecule has 2 amide bonds. The van der Waals surface area contributed by atoms with Crippen LogP contribution in [0.3, 0.4) is 0 Å². The third kappa shape index (κ3) is 2.08. The lowest BCUT2D eigenvalue weighted by Crippen LogP contribution is -2.63. The van der Waals surface area contributed by atoms with E-state index in [-0.39, 0.29) is 11.6 Å². The lowest BCUT2D eigenvalue weighted by atomic mass is 9.76. The van der Waals surface area contributed by atoms with E-state index in [4.69, 9.17) is 4.42 Å². The van der Waals surface area contributed by atoms with Gasteiger partial charge in [0.05, 0.1) is 6.04 Å². The van der Waals surface area contributed by atoms with Crippen molar-refractivity contribution in [3.8, 4) is 0 Å². The van der Waals surface area contributed by atoms with Gasteiger partial charge in [-0.05, 0) is 31.7 Å². The fraction of sp³-hybridized carbons (Fsp3) is 0.550. The highest BCUT2D eigenvalue weighted by molar-refractivity contribution is 5.82. The van der Waals surface area contributed by atoms with Gasteiger partial charge < -0.3 is 14.2 Å². The van der Waals surface area contributed by atoms with Crippen LogP contribution in [0.25, 0.3) is 11.0 Å². The molecule has 2 saturated heterocycles. The minimum absolute atomic E-state index is 0.0294. The van der Waals surface area contributed by atoms with Gasteiger partial charge in [0.2, 0.25) is 0 Å². The summed E-state index contributed by atoms with van der Waals surface area (Å²) >= 11 is 0. The highest BCUT2D eigenvalue weighted by Gasteiger charge is 2.49. The maximum absolute atomic E-state index is 12.6. The molecule has 132 valence electrons. The lowest BCUT2D eigenvalue weighted by molar-refractivity contribution is -0.0185. The number of furan rings is 1. The Morgan fingerprint density at radius 3 is 2.80 bits per heavy atom. The van der Waals surface area contributed by atoms with Crippen LogP contribution in [0.2, 0.25) is 0 Å². The molecule has 1 spiro atoms. The number of para-hydroxylation sites is 1. The number of piperidine rings is 1. The minimum Gasteiger partial charge on any atom is -0.459 e. The number of nitrogens with zero attached hydrogens (tertiary/aromatic N) is 3. The van der Waals surface area contributed by atoms with Gasteiger partial charge in [-0.15, -0.1) is 0 Å². The van der Waals surface area contributed by atoms with Gasteiger partial charge in [0, 0.05) is 50.2 Å². The minimum atomic E-state index is -0.0294. The molecule has 5 nitrogen and oxygen atoms in total. The quantitative estimate of drug-likeness (QED) is 0.740. The van der Waals surface area contributed by atoms with Gasteiger partial charge in [0.15, 0.2) is 0 Å². The molecule has 0 saturated carbocycles. The summed E-state index contributed by atoms with van der Waals surface area (Å²) in [5.41, 5.74) is 2.36. The summed E-state index contributed by atoms with van der Waals surface area (Å²) in [7, 11) is 3.88. The maximum atomic E-state index is 12.6. The Hall–Kier alpha value is -2.01. The molecule has 0 radical (unpaired) electrons. The summed E-state index contributed by atoms with van der Waals surface area (Å²) in [6, 6.07) is 8.83. The van der Waals surface area contributed by atoms with Crippen LogP contribution < -0.4 is 0 Å². The zero-order valence-electron chi connectivity index (χ0n) is 15.0. The molecule has 2 fully saturated rings. The van der Waals surface area contributed by atoms with Gasteiger partial charge in [-0.1, -0.05) is 18.2 Å². The van der Waals surface area contributed by atoms with Crippen LogP contribution >= 0.6 is 0 Å². The Morgan fingerprint density at radius 1 is 1.12 bits per heavy atom. The second-order valence-electron chi connectivity index (χ2n) is 7.93. The fourth-order valence-electron chi connectivity index (χ4n) is 5.15. The molecule has 0 unspecified atom stereocenters. The molecule has 0 N–H and O–H groups in total. The first-order valence-electron chi connectivity index (χ1n) is 9.32. The van der Waals surface area contributed by atoms with Crippen LogP contribution in [0.1, 0.15) is 36.6 Å². The summed E-state index contributed by atoms with van der Waals surface area (Å²) < 4.78 is 6.32. The molecule has 2 aromatic rings. The molecule has 5 rings (SSSR count).